The van der Waals surface area contributed by atoms with Crippen LogP contribution in [0.5, 0.6) is 11.5 Å². The number of hydrogen-bond acceptors (Lipinski definition) is 10. The maximum atomic E-state index is 13.2. The lowest BCUT2D eigenvalue weighted by molar-refractivity contribution is -0.176. The van der Waals surface area contributed by atoms with Crippen molar-refractivity contribution >= 4 is 23.8 Å². The highest BCUT2D eigenvalue weighted by molar-refractivity contribution is 5.98. The lowest BCUT2D eigenvalue weighted by atomic mass is 9.91. The number of nitrogens with zero attached hydrogens (tertiary/aromatic N) is 1. The molecule has 11 heteroatoms. The number of cyclic esters (lactones) is 2. The summed E-state index contributed by atoms with van der Waals surface area (Å²) in [6, 6.07) is 9.01. The fourth-order valence-corrected chi connectivity index (χ4v) is 3.74. The summed E-state index contributed by atoms with van der Waals surface area (Å²) in [4.78, 5) is 55.3. The van der Waals surface area contributed by atoms with Gasteiger partial charge in [-0.05, 0) is 18.9 Å². The second kappa shape index (κ2) is 12.2. The molecule has 2 heterocycles. The number of hydrogen-bond donors (Lipinski definition) is 2. The third-order valence-electron chi connectivity index (χ3n) is 5.79. The highest BCUT2D eigenvalue weighted by Gasteiger charge is 2.42. The Balaban J connectivity index is 1.87. The van der Waals surface area contributed by atoms with Gasteiger partial charge in [0, 0.05) is 12.3 Å². The molecule has 11 nitrogen and oxygen atoms in total. The SMILES string of the molecule is COc1ccnc(C(=O)N[C@@H]2COC(=O)[C@H](Cc3ccccc3)[C@@H](OC(=O)C(C)C)[C@@H](C)OC2=O)c1O. The fourth-order valence-electron chi connectivity index (χ4n) is 3.74. The standard InChI is InChI=1S/C26H30N2O9/c1-14(2)24(31)37-22-15(3)36-26(33)18(28-23(30)20-21(29)19(34-4)10-11-27-20)13-35-25(32)17(22)12-16-8-6-5-7-9-16/h5-11,14-15,17-18,22,29H,12-13H2,1-4H3,(H,28,30)/t15-,17-,18-,22+/m1/s1. The first kappa shape index (κ1) is 27.4. The Bertz CT molecular complexity index is 1140. The highest BCUT2D eigenvalue weighted by Crippen LogP contribution is 2.28. The van der Waals surface area contributed by atoms with E-state index in [0.29, 0.717) is 0 Å². The second-order valence-electron chi connectivity index (χ2n) is 8.86. The molecule has 0 unspecified atom stereocenters. The molecule has 1 aromatic heterocycles. The third kappa shape index (κ3) is 6.75. The van der Waals surface area contributed by atoms with Gasteiger partial charge in [-0.25, -0.2) is 9.78 Å². The molecule has 0 bridgehead atoms. The number of benzene rings is 1. The first-order valence-electron chi connectivity index (χ1n) is 11.8. The summed E-state index contributed by atoms with van der Waals surface area (Å²) in [6.07, 6.45) is -0.766. The molecule has 1 amide bonds. The van der Waals surface area contributed by atoms with Crippen LogP contribution in [0.3, 0.4) is 0 Å². The molecular weight excluding hydrogens is 484 g/mol. The molecule has 4 atom stereocenters. The van der Waals surface area contributed by atoms with E-state index in [1.54, 1.807) is 13.8 Å². The normalized spacial score (nSPS) is 22.1. The number of amides is 1. The monoisotopic (exact) mass is 514 g/mol. The number of pyridine rings is 1. The van der Waals surface area contributed by atoms with Crippen LogP contribution < -0.4 is 10.1 Å². The van der Waals surface area contributed by atoms with E-state index < -0.39 is 72.0 Å². The largest absolute Gasteiger partial charge is 0.503 e. The Morgan fingerprint density at radius 1 is 1.16 bits per heavy atom. The minimum absolute atomic E-state index is 0.0100. The molecule has 2 aromatic rings. The van der Waals surface area contributed by atoms with Crippen molar-refractivity contribution in [3.8, 4) is 11.5 Å². The Hall–Kier alpha value is -4.15. The van der Waals surface area contributed by atoms with E-state index in [0.717, 1.165) is 5.56 Å². The van der Waals surface area contributed by atoms with E-state index in [1.165, 1.54) is 26.3 Å². The van der Waals surface area contributed by atoms with E-state index in [1.807, 2.05) is 30.3 Å². The number of carbonyl (C=O) groups is 4. The van der Waals surface area contributed by atoms with Crippen LogP contribution in [0.25, 0.3) is 0 Å². The van der Waals surface area contributed by atoms with Crippen LogP contribution in [-0.2, 0) is 35.0 Å². The second-order valence-corrected chi connectivity index (χ2v) is 8.86. The molecule has 3 rings (SSSR count). The van der Waals surface area contributed by atoms with Crippen molar-refractivity contribution in [1.82, 2.24) is 10.3 Å². The Labute approximate surface area is 214 Å². The van der Waals surface area contributed by atoms with Gasteiger partial charge in [0.05, 0.1) is 13.0 Å². The molecule has 1 saturated heterocycles. The fraction of sp³-hybridized carbons (Fsp3) is 0.423. The summed E-state index contributed by atoms with van der Waals surface area (Å²) >= 11 is 0. The molecule has 198 valence electrons. The van der Waals surface area contributed by atoms with E-state index in [-0.39, 0.29) is 12.2 Å². The predicted octanol–water partition coefficient (Wildman–Crippen LogP) is 1.81. The minimum atomic E-state index is -1.41. The number of nitrogens with one attached hydrogen (secondary N) is 1. The molecular formula is C26H30N2O9. The molecule has 0 aliphatic carbocycles. The summed E-state index contributed by atoms with van der Waals surface area (Å²) in [6.45, 7) is 4.25. The number of ether oxygens (including phenoxy) is 4. The van der Waals surface area contributed by atoms with Gasteiger partial charge in [0.25, 0.3) is 5.91 Å². The van der Waals surface area contributed by atoms with Gasteiger partial charge in [-0.2, -0.15) is 0 Å². The van der Waals surface area contributed by atoms with Crippen molar-refractivity contribution in [3.05, 3.63) is 53.9 Å². The van der Waals surface area contributed by atoms with Crippen molar-refractivity contribution in [2.45, 2.75) is 45.4 Å². The van der Waals surface area contributed by atoms with Gasteiger partial charge in [0.15, 0.2) is 29.3 Å². The smallest absolute Gasteiger partial charge is 0.332 e. The summed E-state index contributed by atoms with van der Waals surface area (Å²) in [7, 11) is 1.31. The van der Waals surface area contributed by atoms with Gasteiger partial charge >= 0.3 is 17.9 Å². The summed E-state index contributed by atoms with van der Waals surface area (Å²) in [5.41, 5.74) is 0.398. The minimum Gasteiger partial charge on any atom is -0.503 e. The van der Waals surface area contributed by atoms with Crippen LogP contribution in [0.1, 0.15) is 36.8 Å². The lowest BCUT2D eigenvalue weighted by Gasteiger charge is -2.29. The van der Waals surface area contributed by atoms with Gasteiger partial charge < -0.3 is 29.4 Å². The number of carbonyl (C=O) groups excluding carboxylic acids is 4. The third-order valence-corrected chi connectivity index (χ3v) is 5.79. The zero-order valence-electron chi connectivity index (χ0n) is 21.0. The predicted molar refractivity (Wildman–Crippen MR) is 129 cm³/mol. The summed E-state index contributed by atoms with van der Waals surface area (Å²) in [5, 5.41) is 12.6. The van der Waals surface area contributed by atoms with Crippen LogP contribution in [0.2, 0.25) is 0 Å². The number of rotatable bonds is 7. The van der Waals surface area contributed by atoms with Crippen molar-refractivity contribution in [2.75, 3.05) is 13.7 Å². The lowest BCUT2D eigenvalue weighted by Crippen LogP contribution is -2.47. The van der Waals surface area contributed by atoms with Crippen LogP contribution >= 0.6 is 0 Å². The Morgan fingerprint density at radius 3 is 2.51 bits per heavy atom. The maximum absolute atomic E-state index is 13.2. The van der Waals surface area contributed by atoms with Crippen molar-refractivity contribution in [1.29, 1.82) is 0 Å². The highest BCUT2D eigenvalue weighted by atomic mass is 16.6. The molecule has 0 spiro atoms. The zero-order valence-corrected chi connectivity index (χ0v) is 21.0. The van der Waals surface area contributed by atoms with Gasteiger partial charge in [-0.15, -0.1) is 0 Å². The average Bonchev–Trinajstić information content (AvgIpc) is 2.91. The first-order chi connectivity index (χ1) is 17.6. The van der Waals surface area contributed by atoms with Gasteiger partial charge in [-0.1, -0.05) is 44.2 Å². The van der Waals surface area contributed by atoms with Crippen molar-refractivity contribution in [3.63, 3.8) is 0 Å². The van der Waals surface area contributed by atoms with Crippen LogP contribution in [0, 0.1) is 11.8 Å². The molecule has 37 heavy (non-hydrogen) atoms. The number of methoxy groups -OCH3 is 1. The number of aromatic nitrogens is 1. The van der Waals surface area contributed by atoms with E-state index in [4.69, 9.17) is 18.9 Å². The topological polar surface area (TPSA) is 150 Å². The molecule has 1 aromatic carbocycles. The molecule has 1 aliphatic rings. The molecule has 0 saturated carbocycles. The van der Waals surface area contributed by atoms with Crippen molar-refractivity contribution in [2.24, 2.45) is 11.8 Å². The van der Waals surface area contributed by atoms with Crippen LogP contribution in [-0.4, -0.2) is 65.9 Å². The summed E-state index contributed by atoms with van der Waals surface area (Å²) in [5.74, 6) is -5.10. The maximum Gasteiger partial charge on any atom is 0.332 e. The van der Waals surface area contributed by atoms with Gasteiger partial charge in [-0.3, -0.25) is 14.4 Å². The van der Waals surface area contributed by atoms with Crippen LogP contribution in [0.4, 0.5) is 0 Å². The quantitative estimate of drug-likeness (QED) is 0.414. The van der Waals surface area contributed by atoms with Crippen molar-refractivity contribution < 1.29 is 43.2 Å². The Kier molecular flexibility index (Phi) is 9.05. The summed E-state index contributed by atoms with van der Waals surface area (Å²) < 4.78 is 21.5. The average molecular weight is 515 g/mol. The first-order valence-corrected chi connectivity index (χ1v) is 11.8. The molecule has 0 radical (unpaired) electrons. The molecule has 2 N–H and O–H groups in total. The Morgan fingerprint density at radius 2 is 1.86 bits per heavy atom. The van der Waals surface area contributed by atoms with E-state index in [9.17, 15) is 24.3 Å². The number of aromatic hydroxyl groups is 1. The van der Waals surface area contributed by atoms with E-state index >= 15 is 0 Å². The van der Waals surface area contributed by atoms with E-state index in [2.05, 4.69) is 10.3 Å². The molecule has 1 aliphatic heterocycles. The molecule has 1 fully saturated rings. The van der Waals surface area contributed by atoms with Gasteiger partial charge in [0.1, 0.15) is 18.6 Å². The van der Waals surface area contributed by atoms with Crippen LogP contribution in [0.15, 0.2) is 42.6 Å². The zero-order chi connectivity index (χ0) is 27.1. The number of esters is 3. The van der Waals surface area contributed by atoms with Gasteiger partial charge in [0.2, 0.25) is 0 Å².